The molecule has 0 unspecified atom stereocenters. The van der Waals surface area contributed by atoms with Gasteiger partial charge in [-0.2, -0.15) is 9.97 Å². The molecule has 2 rings (SSSR count). The van der Waals surface area contributed by atoms with Crippen LogP contribution in [0.3, 0.4) is 0 Å². The van der Waals surface area contributed by atoms with Crippen molar-refractivity contribution >= 4 is 40.5 Å². The van der Waals surface area contributed by atoms with Crippen LogP contribution >= 0.6 is 11.6 Å². The maximum Gasteiger partial charge on any atom is 0.305 e. The van der Waals surface area contributed by atoms with Gasteiger partial charge in [-0.05, 0) is 24.4 Å². The minimum Gasteiger partial charge on any atom is -0.463 e. The Hall–Kier alpha value is -2.46. The highest BCUT2D eigenvalue weighted by Crippen LogP contribution is 2.19. The lowest BCUT2D eigenvalue weighted by Crippen LogP contribution is -2.29. The molecule has 0 radical (unpaired) electrons. The minimum absolute atomic E-state index is 0.00812. The molecule has 322 valence electrons. The van der Waals surface area contributed by atoms with E-state index < -0.39 is 6.10 Å². The number of imidazole rings is 1. The van der Waals surface area contributed by atoms with E-state index in [0.29, 0.717) is 24.0 Å². The number of esters is 2. The number of hydrogen-bond donors (Lipinski definition) is 1. The number of aromatic nitrogens is 4. The number of hydrogen-bond acceptors (Lipinski definition) is 9. The molecule has 0 saturated heterocycles. The third-order valence-corrected chi connectivity index (χ3v) is 10.9. The number of anilines is 1. The number of carbonyl (C=O) groups excluding carboxylic acids is 2. The topological polar surface area (TPSA) is 131 Å². The summed E-state index contributed by atoms with van der Waals surface area (Å²) in [5, 5.41) is 0.00812. The third kappa shape index (κ3) is 25.7. The van der Waals surface area contributed by atoms with Crippen LogP contribution in [0.1, 0.15) is 219 Å². The van der Waals surface area contributed by atoms with Gasteiger partial charge in [-0.3, -0.25) is 14.2 Å². The predicted molar refractivity (Wildman–Crippen MR) is 231 cm³/mol. The molecule has 0 aliphatic rings. The fourth-order valence-electron chi connectivity index (χ4n) is 7.16. The van der Waals surface area contributed by atoms with E-state index in [9.17, 15) is 9.59 Å². The van der Waals surface area contributed by atoms with Crippen LogP contribution in [0.15, 0.2) is 6.33 Å². The Morgan fingerprint density at radius 1 is 0.589 bits per heavy atom. The molecule has 2 N–H and O–H groups in total. The number of nitrogen functional groups attached to an aromatic ring is 1. The summed E-state index contributed by atoms with van der Waals surface area (Å²) in [6.45, 7) is 4.53. The van der Waals surface area contributed by atoms with E-state index in [-0.39, 0.29) is 43.0 Å². The lowest BCUT2D eigenvalue weighted by atomic mass is 10.0. The standard InChI is InChI=1S/C45H80ClN5O5/c1-3-5-7-9-11-13-15-17-19-21-23-25-27-29-31-33-40(52)54-35-39(56-38-51-37-48-42-43(47)49-45(46)50-44(42)51)36-55-41(53)34-32-30-28-26-24-22-20-18-16-14-12-10-8-6-4-2/h37,39H,3-36,38H2,1-2H3,(H2,47,49,50). The van der Waals surface area contributed by atoms with Gasteiger partial charge in [-0.25, -0.2) is 4.98 Å². The molecule has 0 aromatic carbocycles. The molecule has 0 bridgehead atoms. The van der Waals surface area contributed by atoms with Crippen LogP contribution in [0.5, 0.6) is 0 Å². The van der Waals surface area contributed by atoms with E-state index >= 15 is 0 Å². The monoisotopic (exact) mass is 806 g/mol. The van der Waals surface area contributed by atoms with Gasteiger partial charge in [0.15, 0.2) is 11.5 Å². The molecule has 2 aromatic rings. The molecule has 0 atom stereocenters. The zero-order chi connectivity index (χ0) is 40.3. The average molecular weight is 807 g/mol. The van der Waals surface area contributed by atoms with Gasteiger partial charge in [-0.1, -0.05) is 194 Å². The Labute approximate surface area is 345 Å². The van der Waals surface area contributed by atoms with Crippen molar-refractivity contribution in [2.24, 2.45) is 0 Å². The van der Waals surface area contributed by atoms with Crippen LogP contribution in [-0.4, -0.2) is 50.8 Å². The van der Waals surface area contributed by atoms with Gasteiger partial charge in [-0.15, -0.1) is 0 Å². The predicted octanol–water partition coefficient (Wildman–Crippen LogP) is 13.0. The molecule has 0 saturated carbocycles. The number of halogens is 1. The highest BCUT2D eigenvalue weighted by atomic mass is 35.5. The summed E-state index contributed by atoms with van der Waals surface area (Å²) in [6.07, 6.45) is 39.9. The summed E-state index contributed by atoms with van der Waals surface area (Å²) in [6, 6.07) is 0. The van der Waals surface area contributed by atoms with Gasteiger partial charge in [0.25, 0.3) is 0 Å². The van der Waals surface area contributed by atoms with Crippen LogP contribution < -0.4 is 5.73 Å². The van der Waals surface area contributed by atoms with E-state index in [1.807, 2.05) is 0 Å². The Kier molecular flexibility index (Phi) is 30.7. The zero-order valence-corrected chi connectivity index (χ0v) is 36.4. The maximum absolute atomic E-state index is 12.6. The van der Waals surface area contributed by atoms with Crippen molar-refractivity contribution in [2.75, 3.05) is 18.9 Å². The van der Waals surface area contributed by atoms with Crippen LogP contribution in [0, 0.1) is 0 Å². The minimum atomic E-state index is -0.655. The molecule has 10 nitrogen and oxygen atoms in total. The van der Waals surface area contributed by atoms with Gasteiger partial charge >= 0.3 is 11.9 Å². The van der Waals surface area contributed by atoms with Crippen molar-refractivity contribution in [1.82, 2.24) is 19.5 Å². The Morgan fingerprint density at radius 2 is 0.946 bits per heavy atom. The zero-order valence-electron chi connectivity index (χ0n) is 35.7. The first-order valence-corrected chi connectivity index (χ1v) is 23.4. The molecule has 56 heavy (non-hydrogen) atoms. The molecule has 0 spiro atoms. The van der Waals surface area contributed by atoms with Crippen LogP contribution in [0.4, 0.5) is 5.82 Å². The van der Waals surface area contributed by atoms with Crippen molar-refractivity contribution in [3.05, 3.63) is 11.6 Å². The van der Waals surface area contributed by atoms with Gasteiger partial charge in [0.05, 0.1) is 6.33 Å². The molecule has 0 aliphatic carbocycles. The Bertz CT molecular complexity index is 1210. The van der Waals surface area contributed by atoms with E-state index in [1.54, 1.807) is 4.57 Å². The normalized spacial score (nSPS) is 11.6. The molecule has 2 aromatic heterocycles. The first-order valence-electron chi connectivity index (χ1n) is 23.0. The van der Waals surface area contributed by atoms with Crippen LogP contribution in [-0.2, 0) is 30.5 Å². The molecule has 0 amide bonds. The molecule has 0 fully saturated rings. The van der Waals surface area contributed by atoms with E-state index in [1.165, 1.54) is 160 Å². The molecule has 11 heteroatoms. The van der Waals surface area contributed by atoms with E-state index in [0.717, 1.165) is 38.5 Å². The van der Waals surface area contributed by atoms with Crippen molar-refractivity contribution in [3.63, 3.8) is 0 Å². The number of fused-ring (bicyclic) bond motifs is 1. The van der Waals surface area contributed by atoms with Crippen molar-refractivity contribution in [1.29, 1.82) is 0 Å². The van der Waals surface area contributed by atoms with Crippen LogP contribution in [0.25, 0.3) is 11.2 Å². The largest absolute Gasteiger partial charge is 0.463 e. The lowest BCUT2D eigenvalue weighted by molar-refractivity contribution is -0.157. The average Bonchev–Trinajstić information content (AvgIpc) is 3.60. The molecule has 0 aliphatic heterocycles. The fourth-order valence-corrected chi connectivity index (χ4v) is 7.33. The summed E-state index contributed by atoms with van der Waals surface area (Å²) in [5.74, 6) is -0.355. The number of unbranched alkanes of at least 4 members (excludes halogenated alkanes) is 28. The van der Waals surface area contributed by atoms with Gasteiger partial charge in [0, 0.05) is 12.8 Å². The quantitative estimate of drug-likeness (QED) is 0.0398. The fraction of sp³-hybridized carbons (Fsp3) is 0.844. The summed E-state index contributed by atoms with van der Waals surface area (Å²) in [5.41, 5.74) is 6.79. The van der Waals surface area contributed by atoms with Crippen LogP contribution in [0.2, 0.25) is 5.28 Å². The lowest BCUT2D eigenvalue weighted by Gasteiger charge is -2.18. The van der Waals surface area contributed by atoms with E-state index in [4.69, 9.17) is 31.5 Å². The number of nitrogens with two attached hydrogens (primary N) is 1. The first kappa shape index (κ1) is 49.7. The van der Waals surface area contributed by atoms with Crippen molar-refractivity contribution < 1.29 is 23.8 Å². The molecular weight excluding hydrogens is 726 g/mol. The summed E-state index contributed by atoms with van der Waals surface area (Å²) >= 11 is 6.03. The number of carbonyl (C=O) groups is 2. The van der Waals surface area contributed by atoms with Crippen molar-refractivity contribution in [2.45, 2.75) is 232 Å². The highest BCUT2D eigenvalue weighted by Gasteiger charge is 2.18. The smallest absolute Gasteiger partial charge is 0.305 e. The van der Waals surface area contributed by atoms with Gasteiger partial charge < -0.3 is 19.9 Å². The summed E-state index contributed by atoms with van der Waals surface area (Å²) in [7, 11) is 0. The first-order chi connectivity index (χ1) is 27.4. The second kappa shape index (κ2) is 34.6. The summed E-state index contributed by atoms with van der Waals surface area (Å²) < 4.78 is 18.9. The highest BCUT2D eigenvalue weighted by molar-refractivity contribution is 6.28. The number of ether oxygens (including phenoxy) is 3. The summed E-state index contributed by atoms with van der Waals surface area (Å²) in [4.78, 5) is 37.7. The second-order valence-corrected chi connectivity index (χ2v) is 16.3. The molecular formula is C45H80ClN5O5. The van der Waals surface area contributed by atoms with Crippen molar-refractivity contribution in [3.8, 4) is 0 Å². The number of nitrogens with zero attached hydrogens (tertiary/aromatic N) is 4. The molecule has 2 heterocycles. The second-order valence-electron chi connectivity index (χ2n) is 15.9. The van der Waals surface area contributed by atoms with Gasteiger partial charge in [0.1, 0.15) is 31.6 Å². The third-order valence-electron chi connectivity index (χ3n) is 10.7. The maximum atomic E-state index is 12.6. The Balaban J connectivity index is 1.61. The van der Waals surface area contributed by atoms with E-state index in [2.05, 4.69) is 28.8 Å². The Morgan fingerprint density at radius 3 is 1.32 bits per heavy atom. The SMILES string of the molecule is CCCCCCCCCCCCCCCCCC(=O)OCC(COC(=O)CCCCCCCCCCCCCCCCC)OCn1cnc2c(N)nc(Cl)nc21. The number of rotatable bonds is 39. The van der Waals surface area contributed by atoms with Gasteiger partial charge in [0.2, 0.25) is 5.28 Å².